The predicted octanol–water partition coefficient (Wildman–Crippen LogP) is 2.04. The first-order valence-corrected chi connectivity index (χ1v) is 5.65. The van der Waals surface area contributed by atoms with E-state index in [0.717, 1.165) is 22.9 Å². The van der Waals surface area contributed by atoms with E-state index in [1.54, 1.807) is 12.5 Å². The smallest absolute Gasteiger partial charge is 0.158 e. The number of nitrogens with one attached hydrogen (secondary N) is 1. The third-order valence-electron chi connectivity index (χ3n) is 2.73. The molecule has 0 aromatic carbocycles. The SMILES string of the molecule is CNc1ncnc(-c2nccn2C)c1C(C)C. The largest absolute Gasteiger partial charge is 0.373 e. The lowest BCUT2D eigenvalue weighted by atomic mass is 10.0. The summed E-state index contributed by atoms with van der Waals surface area (Å²) in [5.74, 6) is 2.07. The van der Waals surface area contributed by atoms with Crippen molar-refractivity contribution in [1.82, 2.24) is 19.5 Å². The normalized spacial score (nSPS) is 10.9. The molecule has 2 aromatic heterocycles. The van der Waals surface area contributed by atoms with Crippen molar-refractivity contribution in [1.29, 1.82) is 0 Å². The van der Waals surface area contributed by atoms with Gasteiger partial charge in [-0.25, -0.2) is 15.0 Å². The minimum atomic E-state index is 0.338. The predicted molar refractivity (Wildman–Crippen MR) is 67.9 cm³/mol. The molecule has 0 atom stereocenters. The number of hydrogen-bond acceptors (Lipinski definition) is 4. The van der Waals surface area contributed by atoms with Gasteiger partial charge in [0.15, 0.2) is 5.82 Å². The number of hydrogen-bond donors (Lipinski definition) is 1. The highest BCUT2D eigenvalue weighted by atomic mass is 15.1. The summed E-state index contributed by atoms with van der Waals surface area (Å²) in [7, 11) is 3.84. The number of anilines is 1. The van der Waals surface area contributed by atoms with Gasteiger partial charge in [-0.2, -0.15) is 0 Å². The maximum Gasteiger partial charge on any atom is 0.158 e. The van der Waals surface area contributed by atoms with Gasteiger partial charge in [0, 0.05) is 32.1 Å². The zero-order valence-corrected chi connectivity index (χ0v) is 10.6. The maximum absolute atomic E-state index is 4.38. The Morgan fingerprint density at radius 2 is 2.00 bits per heavy atom. The van der Waals surface area contributed by atoms with Crippen LogP contribution >= 0.6 is 0 Å². The second kappa shape index (κ2) is 4.53. The van der Waals surface area contributed by atoms with E-state index in [9.17, 15) is 0 Å². The summed E-state index contributed by atoms with van der Waals surface area (Å²) < 4.78 is 1.97. The fourth-order valence-corrected chi connectivity index (χ4v) is 1.91. The van der Waals surface area contributed by atoms with Gasteiger partial charge in [-0.15, -0.1) is 0 Å². The molecule has 0 unspecified atom stereocenters. The van der Waals surface area contributed by atoms with E-state index in [2.05, 4.69) is 34.1 Å². The molecule has 5 nitrogen and oxygen atoms in total. The molecule has 0 aliphatic carbocycles. The molecule has 2 aromatic rings. The van der Waals surface area contributed by atoms with Gasteiger partial charge < -0.3 is 9.88 Å². The monoisotopic (exact) mass is 231 g/mol. The lowest BCUT2D eigenvalue weighted by molar-refractivity contribution is 0.838. The van der Waals surface area contributed by atoms with Crippen molar-refractivity contribution >= 4 is 5.82 Å². The molecule has 0 saturated heterocycles. The molecule has 0 aliphatic rings. The Bertz CT molecular complexity index is 515. The van der Waals surface area contributed by atoms with Gasteiger partial charge in [0.2, 0.25) is 0 Å². The Morgan fingerprint density at radius 3 is 2.53 bits per heavy atom. The van der Waals surface area contributed by atoms with Gasteiger partial charge in [-0.3, -0.25) is 0 Å². The summed E-state index contributed by atoms with van der Waals surface area (Å²) in [6.07, 6.45) is 5.27. The fourth-order valence-electron chi connectivity index (χ4n) is 1.91. The summed E-state index contributed by atoms with van der Waals surface area (Å²) in [6, 6.07) is 0. The zero-order chi connectivity index (χ0) is 12.4. The van der Waals surface area contributed by atoms with E-state index in [-0.39, 0.29) is 0 Å². The van der Waals surface area contributed by atoms with Gasteiger partial charge in [0.25, 0.3) is 0 Å². The summed E-state index contributed by atoms with van der Waals surface area (Å²) in [5.41, 5.74) is 2.00. The van der Waals surface area contributed by atoms with Gasteiger partial charge in [-0.05, 0) is 5.92 Å². The van der Waals surface area contributed by atoms with Crippen molar-refractivity contribution in [3.05, 3.63) is 24.3 Å². The number of rotatable bonds is 3. The van der Waals surface area contributed by atoms with Crippen molar-refractivity contribution in [3.63, 3.8) is 0 Å². The number of imidazole rings is 1. The minimum absolute atomic E-state index is 0.338. The second-order valence-corrected chi connectivity index (χ2v) is 4.25. The summed E-state index contributed by atoms with van der Waals surface area (Å²) in [4.78, 5) is 13.0. The van der Waals surface area contributed by atoms with Gasteiger partial charge in [0.1, 0.15) is 17.8 Å². The van der Waals surface area contributed by atoms with E-state index >= 15 is 0 Å². The van der Waals surface area contributed by atoms with Crippen LogP contribution in [0.5, 0.6) is 0 Å². The third-order valence-corrected chi connectivity index (χ3v) is 2.73. The van der Waals surface area contributed by atoms with Crippen LogP contribution in [-0.4, -0.2) is 26.6 Å². The summed E-state index contributed by atoms with van der Waals surface area (Å²) in [5, 5.41) is 3.11. The van der Waals surface area contributed by atoms with Gasteiger partial charge >= 0.3 is 0 Å². The quantitative estimate of drug-likeness (QED) is 0.878. The Balaban J connectivity index is 2.65. The average molecular weight is 231 g/mol. The van der Waals surface area contributed by atoms with Crippen molar-refractivity contribution in [2.45, 2.75) is 19.8 Å². The third kappa shape index (κ3) is 2.00. The fraction of sp³-hybridized carbons (Fsp3) is 0.417. The number of aromatic nitrogens is 4. The van der Waals surface area contributed by atoms with Gasteiger partial charge in [0.05, 0.1) is 0 Å². The van der Waals surface area contributed by atoms with Crippen LogP contribution in [-0.2, 0) is 7.05 Å². The average Bonchev–Trinajstić information content (AvgIpc) is 2.74. The molecule has 0 fully saturated rings. The first kappa shape index (κ1) is 11.6. The molecule has 0 spiro atoms. The summed E-state index contributed by atoms with van der Waals surface area (Å²) in [6.45, 7) is 4.26. The van der Waals surface area contributed by atoms with Crippen LogP contribution in [0.1, 0.15) is 25.3 Å². The van der Waals surface area contributed by atoms with Crippen molar-refractivity contribution in [2.24, 2.45) is 7.05 Å². The Labute approximate surface area is 101 Å². The van der Waals surface area contributed by atoms with Crippen LogP contribution in [0.15, 0.2) is 18.7 Å². The molecule has 1 N–H and O–H groups in total. The van der Waals surface area contributed by atoms with Gasteiger partial charge in [-0.1, -0.05) is 13.8 Å². The van der Waals surface area contributed by atoms with Crippen LogP contribution < -0.4 is 5.32 Å². The van der Waals surface area contributed by atoms with E-state index in [0.29, 0.717) is 5.92 Å². The van der Waals surface area contributed by atoms with Crippen molar-refractivity contribution in [2.75, 3.05) is 12.4 Å². The highest BCUT2D eigenvalue weighted by Gasteiger charge is 2.17. The Kier molecular flexibility index (Phi) is 3.08. The first-order chi connectivity index (χ1) is 8.15. The number of aryl methyl sites for hydroxylation is 1. The van der Waals surface area contributed by atoms with Crippen molar-refractivity contribution < 1.29 is 0 Å². The molecule has 2 heterocycles. The standard InChI is InChI=1S/C12H17N5/c1-8(2)9-10(12-14-5-6-17(12)4)15-7-16-11(9)13-3/h5-8H,1-4H3,(H,13,15,16). The zero-order valence-electron chi connectivity index (χ0n) is 10.6. The maximum atomic E-state index is 4.38. The molecular weight excluding hydrogens is 214 g/mol. The highest BCUT2D eigenvalue weighted by molar-refractivity contribution is 5.64. The minimum Gasteiger partial charge on any atom is -0.373 e. The molecule has 5 heteroatoms. The molecule has 0 bridgehead atoms. The van der Waals surface area contributed by atoms with Crippen LogP contribution in [0, 0.1) is 0 Å². The Morgan fingerprint density at radius 1 is 1.24 bits per heavy atom. The molecule has 2 rings (SSSR count). The van der Waals surface area contributed by atoms with Crippen LogP contribution in [0.25, 0.3) is 11.5 Å². The van der Waals surface area contributed by atoms with Crippen LogP contribution in [0.3, 0.4) is 0 Å². The summed E-state index contributed by atoms with van der Waals surface area (Å²) >= 11 is 0. The molecule has 90 valence electrons. The van der Waals surface area contributed by atoms with Crippen molar-refractivity contribution in [3.8, 4) is 11.5 Å². The lowest BCUT2D eigenvalue weighted by Gasteiger charge is -2.15. The lowest BCUT2D eigenvalue weighted by Crippen LogP contribution is -2.06. The highest BCUT2D eigenvalue weighted by Crippen LogP contribution is 2.30. The molecular formula is C12H17N5. The Hall–Kier alpha value is -1.91. The molecule has 17 heavy (non-hydrogen) atoms. The number of nitrogens with zero attached hydrogens (tertiary/aromatic N) is 4. The topological polar surface area (TPSA) is 55.6 Å². The first-order valence-electron chi connectivity index (χ1n) is 5.65. The molecule has 0 amide bonds. The van der Waals surface area contributed by atoms with Crippen LogP contribution in [0.2, 0.25) is 0 Å². The van der Waals surface area contributed by atoms with E-state index in [1.165, 1.54) is 0 Å². The van der Waals surface area contributed by atoms with Crippen LogP contribution in [0.4, 0.5) is 5.82 Å². The molecule has 0 radical (unpaired) electrons. The van der Waals surface area contributed by atoms with E-state index in [4.69, 9.17) is 0 Å². The van der Waals surface area contributed by atoms with E-state index in [1.807, 2.05) is 24.9 Å². The second-order valence-electron chi connectivity index (χ2n) is 4.25. The van der Waals surface area contributed by atoms with E-state index < -0.39 is 0 Å². The molecule has 0 saturated carbocycles. The molecule has 0 aliphatic heterocycles.